The van der Waals surface area contributed by atoms with E-state index >= 15 is 0 Å². The minimum atomic E-state index is 0.280. The van der Waals surface area contributed by atoms with Crippen molar-refractivity contribution in [3.63, 3.8) is 0 Å². The van der Waals surface area contributed by atoms with Crippen molar-refractivity contribution in [2.24, 2.45) is 13.0 Å². The number of aryl methyl sites for hydroxylation is 2. The van der Waals surface area contributed by atoms with Gasteiger partial charge in [-0.05, 0) is 32.2 Å². The summed E-state index contributed by atoms with van der Waals surface area (Å²) in [4.78, 5) is 5.08. The largest absolute Gasteiger partial charge is 0.396 e. The van der Waals surface area contributed by atoms with Crippen LogP contribution in [0.25, 0.3) is 0 Å². The molecule has 5 heteroatoms. The van der Waals surface area contributed by atoms with Crippen LogP contribution in [0.4, 0.5) is 0 Å². The summed E-state index contributed by atoms with van der Waals surface area (Å²) in [6, 6.07) is 0.481. The second kappa shape index (κ2) is 8.09. The molecule has 1 fully saturated rings. The van der Waals surface area contributed by atoms with Gasteiger partial charge in [0, 0.05) is 57.6 Å². The number of piperazine rings is 1. The van der Waals surface area contributed by atoms with Crippen LogP contribution in [0.5, 0.6) is 0 Å². The molecule has 22 heavy (non-hydrogen) atoms. The highest BCUT2D eigenvalue weighted by Crippen LogP contribution is 2.18. The summed E-state index contributed by atoms with van der Waals surface area (Å²) >= 11 is 0. The zero-order valence-electron chi connectivity index (χ0n) is 14.6. The first-order valence-corrected chi connectivity index (χ1v) is 8.56. The molecule has 1 N–H and O–H groups in total. The quantitative estimate of drug-likeness (QED) is 0.832. The lowest BCUT2D eigenvalue weighted by Crippen LogP contribution is -2.53. The van der Waals surface area contributed by atoms with E-state index in [1.165, 1.54) is 12.0 Å². The Hall–Kier alpha value is -0.910. The first kappa shape index (κ1) is 17.4. The summed E-state index contributed by atoms with van der Waals surface area (Å²) in [5.41, 5.74) is 2.45. The second-order valence-electron chi connectivity index (χ2n) is 7.03. The summed E-state index contributed by atoms with van der Waals surface area (Å²) in [5, 5.41) is 13.8. The van der Waals surface area contributed by atoms with Crippen LogP contribution in [0.3, 0.4) is 0 Å². The molecule has 0 saturated carbocycles. The molecule has 1 aromatic heterocycles. The van der Waals surface area contributed by atoms with Crippen LogP contribution >= 0.6 is 0 Å². The van der Waals surface area contributed by atoms with Gasteiger partial charge < -0.3 is 5.11 Å². The molecular formula is C17H32N4O. The van der Waals surface area contributed by atoms with E-state index in [-0.39, 0.29) is 6.61 Å². The maximum atomic E-state index is 9.38. The molecule has 1 saturated heterocycles. The summed E-state index contributed by atoms with van der Waals surface area (Å²) in [6.45, 7) is 12.3. The zero-order valence-corrected chi connectivity index (χ0v) is 14.6. The summed E-state index contributed by atoms with van der Waals surface area (Å²) in [7, 11) is 1.98. The summed E-state index contributed by atoms with van der Waals surface area (Å²) < 4.78 is 1.90. The Balaban J connectivity index is 1.92. The van der Waals surface area contributed by atoms with Crippen LogP contribution in [0.1, 0.15) is 37.9 Å². The van der Waals surface area contributed by atoms with Gasteiger partial charge >= 0.3 is 0 Å². The normalized spacial score (nSPS) is 20.9. The Morgan fingerprint density at radius 1 is 1.36 bits per heavy atom. The predicted molar refractivity (Wildman–Crippen MR) is 89.7 cm³/mol. The van der Waals surface area contributed by atoms with Crippen molar-refractivity contribution in [2.75, 3.05) is 32.8 Å². The lowest BCUT2D eigenvalue weighted by molar-refractivity contribution is 0.0523. The minimum absolute atomic E-state index is 0.280. The minimum Gasteiger partial charge on any atom is -0.396 e. The predicted octanol–water partition coefficient (Wildman–Crippen LogP) is 1.64. The molecule has 5 nitrogen and oxygen atoms in total. The van der Waals surface area contributed by atoms with Gasteiger partial charge in [-0.2, -0.15) is 5.10 Å². The number of hydrogen-bond acceptors (Lipinski definition) is 4. The van der Waals surface area contributed by atoms with E-state index in [0.717, 1.165) is 50.8 Å². The molecule has 2 rings (SSSR count). The number of rotatable bonds is 7. The van der Waals surface area contributed by atoms with E-state index in [0.29, 0.717) is 6.04 Å². The molecule has 1 aromatic rings. The highest BCUT2D eigenvalue weighted by molar-refractivity contribution is 5.15. The van der Waals surface area contributed by atoms with E-state index in [1.54, 1.807) is 0 Å². The number of aromatic nitrogens is 2. The molecule has 2 heterocycles. The lowest BCUT2D eigenvalue weighted by Gasteiger charge is -2.41. The van der Waals surface area contributed by atoms with Crippen LogP contribution in [-0.4, -0.2) is 63.5 Å². The molecule has 0 spiro atoms. The van der Waals surface area contributed by atoms with Gasteiger partial charge in [0.2, 0.25) is 0 Å². The molecule has 0 amide bonds. The number of hydrogen-bond donors (Lipinski definition) is 1. The maximum Gasteiger partial charge on any atom is 0.0638 e. The molecule has 0 aromatic carbocycles. The van der Waals surface area contributed by atoms with Crippen LogP contribution in [0.2, 0.25) is 0 Å². The molecule has 1 unspecified atom stereocenters. The van der Waals surface area contributed by atoms with Crippen LogP contribution in [0.15, 0.2) is 6.20 Å². The lowest BCUT2D eigenvalue weighted by atomic mass is 10.1. The average Bonchev–Trinajstić information content (AvgIpc) is 2.76. The summed E-state index contributed by atoms with van der Waals surface area (Å²) in [5.74, 6) is 0.742. The molecule has 1 aliphatic heterocycles. The van der Waals surface area contributed by atoms with Crippen molar-refractivity contribution < 1.29 is 5.11 Å². The van der Waals surface area contributed by atoms with Gasteiger partial charge in [0.1, 0.15) is 0 Å². The van der Waals surface area contributed by atoms with E-state index in [9.17, 15) is 5.11 Å². The Bertz CT molecular complexity index is 458. The Labute approximate surface area is 134 Å². The van der Waals surface area contributed by atoms with E-state index in [2.05, 4.69) is 41.9 Å². The third kappa shape index (κ3) is 4.80. The van der Waals surface area contributed by atoms with Crippen LogP contribution in [-0.2, 0) is 13.6 Å². The fourth-order valence-corrected chi connectivity index (χ4v) is 3.29. The fourth-order valence-electron chi connectivity index (χ4n) is 3.29. The van der Waals surface area contributed by atoms with Crippen LogP contribution in [0, 0.1) is 12.8 Å². The Morgan fingerprint density at radius 2 is 2.14 bits per heavy atom. The van der Waals surface area contributed by atoms with Gasteiger partial charge in [-0.25, -0.2) is 0 Å². The van der Waals surface area contributed by atoms with E-state index < -0.39 is 0 Å². The van der Waals surface area contributed by atoms with Gasteiger partial charge in [-0.15, -0.1) is 0 Å². The topological polar surface area (TPSA) is 44.5 Å². The van der Waals surface area contributed by atoms with Crippen molar-refractivity contribution in [1.82, 2.24) is 19.6 Å². The van der Waals surface area contributed by atoms with Crippen molar-refractivity contribution in [2.45, 2.75) is 46.2 Å². The zero-order chi connectivity index (χ0) is 16.1. The first-order valence-electron chi connectivity index (χ1n) is 8.56. The monoisotopic (exact) mass is 308 g/mol. The maximum absolute atomic E-state index is 9.38. The third-order valence-electron chi connectivity index (χ3n) is 4.65. The van der Waals surface area contributed by atoms with Gasteiger partial charge in [-0.1, -0.05) is 13.8 Å². The molecule has 0 aliphatic carbocycles. The van der Waals surface area contributed by atoms with Gasteiger partial charge in [0.15, 0.2) is 0 Å². The molecule has 1 aliphatic rings. The van der Waals surface area contributed by atoms with E-state index in [1.807, 2.05) is 11.7 Å². The number of nitrogens with zero attached hydrogens (tertiary/aromatic N) is 4. The van der Waals surface area contributed by atoms with Gasteiger partial charge in [-0.3, -0.25) is 14.5 Å². The van der Waals surface area contributed by atoms with Gasteiger partial charge in [0.25, 0.3) is 0 Å². The molecule has 126 valence electrons. The fraction of sp³-hybridized carbons (Fsp3) is 0.824. The Morgan fingerprint density at radius 3 is 2.73 bits per heavy atom. The number of aliphatic hydroxyl groups is 1. The van der Waals surface area contributed by atoms with Crippen LogP contribution < -0.4 is 0 Å². The SMILES string of the molecule is Cc1nn(C)cc1CN1CCN(CCC(C)C)C(CCO)C1. The molecule has 1 atom stereocenters. The Kier molecular flexibility index (Phi) is 6.41. The van der Waals surface area contributed by atoms with Crippen molar-refractivity contribution >= 4 is 0 Å². The van der Waals surface area contributed by atoms with Crippen molar-refractivity contribution in [3.05, 3.63) is 17.5 Å². The molecule has 0 bridgehead atoms. The highest BCUT2D eigenvalue weighted by Gasteiger charge is 2.26. The average molecular weight is 308 g/mol. The van der Waals surface area contributed by atoms with Gasteiger partial charge in [0.05, 0.1) is 5.69 Å². The standard InChI is InChI=1S/C17H32N4O/c1-14(2)5-7-21-9-8-20(13-17(21)6-10-22)12-16-11-19(4)18-15(16)3/h11,14,17,22H,5-10,12-13H2,1-4H3. The number of aliphatic hydroxyl groups excluding tert-OH is 1. The van der Waals surface area contributed by atoms with Crippen molar-refractivity contribution in [3.8, 4) is 0 Å². The highest BCUT2D eigenvalue weighted by atomic mass is 16.3. The summed E-state index contributed by atoms with van der Waals surface area (Å²) in [6.07, 6.45) is 4.24. The second-order valence-corrected chi connectivity index (χ2v) is 7.03. The van der Waals surface area contributed by atoms with Crippen molar-refractivity contribution in [1.29, 1.82) is 0 Å². The first-order chi connectivity index (χ1) is 10.5. The van der Waals surface area contributed by atoms with E-state index in [4.69, 9.17) is 0 Å². The molecule has 0 radical (unpaired) electrons. The third-order valence-corrected chi connectivity index (χ3v) is 4.65. The smallest absolute Gasteiger partial charge is 0.0638 e. The molecular weight excluding hydrogens is 276 g/mol.